The first-order valence-corrected chi connectivity index (χ1v) is 13.6. The number of halogens is 2. The molecule has 4 rings (SSSR count). The van der Waals surface area contributed by atoms with Gasteiger partial charge in [0.15, 0.2) is 5.13 Å². The van der Waals surface area contributed by atoms with Gasteiger partial charge in [-0.2, -0.15) is 9.40 Å². The van der Waals surface area contributed by atoms with Gasteiger partial charge in [-0.3, -0.25) is 5.10 Å². The smallest absolute Gasteiger partial charge is 0.248 e. The Morgan fingerprint density at radius 1 is 1.23 bits per heavy atom. The van der Waals surface area contributed by atoms with Crippen LogP contribution in [0, 0.1) is 7.40 Å². The minimum atomic E-state index is -3.56. The van der Waals surface area contributed by atoms with Gasteiger partial charge in [-0.05, 0) is 62.9 Å². The molecule has 2 aromatic heterocycles. The Kier molecular flexibility index (Phi) is 6.86. The molecular formula is C18H19I2N5O3S2. The number of rotatable bonds is 6. The highest BCUT2D eigenvalue weighted by Gasteiger charge is 2.33. The van der Waals surface area contributed by atoms with Crippen LogP contribution in [0.3, 0.4) is 0 Å². The molecule has 3 heterocycles. The number of sulfonamides is 1. The molecule has 1 saturated heterocycles. The summed E-state index contributed by atoms with van der Waals surface area (Å²) in [6, 6.07) is 7.98. The highest BCUT2D eigenvalue weighted by Crippen LogP contribution is 2.28. The summed E-state index contributed by atoms with van der Waals surface area (Å²) in [5.41, 5.74) is 2.15. The topological polar surface area (TPSA) is 91.4 Å². The summed E-state index contributed by atoms with van der Waals surface area (Å²) in [7, 11) is -1.90. The summed E-state index contributed by atoms with van der Waals surface area (Å²) in [6.45, 7) is 2.06. The Morgan fingerprint density at radius 3 is 2.67 bits per heavy atom. The summed E-state index contributed by atoms with van der Waals surface area (Å²) in [6.07, 6.45) is 0.736. The van der Waals surface area contributed by atoms with Gasteiger partial charge in [0.2, 0.25) is 10.0 Å². The maximum absolute atomic E-state index is 13.0. The van der Waals surface area contributed by atoms with E-state index in [1.54, 1.807) is 18.4 Å². The van der Waals surface area contributed by atoms with Gasteiger partial charge in [0, 0.05) is 38.0 Å². The van der Waals surface area contributed by atoms with Gasteiger partial charge < -0.3 is 9.64 Å². The van der Waals surface area contributed by atoms with E-state index in [-0.39, 0.29) is 4.90 Å². The number of hydrogen-bond acceptors (Lipinski definition) is 7. The molecule has 8 nitrogen and oxygen atoms in total. The third-order valence-corrected chi connectivity index (χ3v) is 10.0. The minimum Gasteiger partial charge on any atom is -0.497 e. The van der Waals surface area contributed by atoms with Crippen molar-refractivity contribution in [2.24, 2.45) is 0 Å². The fourth-order valence-electron chi connectivity index (χ4n) is 3.27. The van der Waals surface area contributed by atoms with Crippen molar-refractivity contribution >= 4 is 71.7 Å². The van der Waals surface area contributed by atoms with Gasteiger partial charge in [-0.1, -0.05) is 12.1 Å². The average molecular weight is 671 g/mol. The number of thiazole rings is 1. The second-order valence-electron chi connectivity index (χ2n) is 6.70. The van der Waals surface area contributed by atoms with E-state index in [1.165, 1.54) is 4.31 Å². The molecule has 1 fully saturated rings. The number of nitrogens with zero attached hydrogens (tertiary/aromatic N) is 4. The van der Waals surface area contributed by atoms with Crippen LogP contribution in [0.5, 0.6) is 5.75 Å². The summed E-state index contributed by atoms with van der Waals surface area (Å²) >= 11 is 5.52. The molecule has 0 saturated carbocycles. The lowest BCUT2D eigenvalue weighted by Gasteiger charge is -2.33. The fraction of sp³-hybridized carbons (Fsp3) is 0.333. The standard InChI is InChI=1S/C18H19I2N5O3S2/c1-28-14-4-2-3-12(10-14)9-13-11-29-18(21-13)24-5-7-25(8-6-24)30(26,27)15-16(19)22-23-17(15)20/h2-4,10-11H,5-9H2,1H3,(H,22,23). The number of aromatic nitrogens is 3. The van der Waals surface area contributed by atoms with E-state index < -0.39 is 10.0 Å². The normalized spacial score (nSPS) is 15.5. The van der Waals surface area contributed by atoms with Crippen molar-refractivity contribution in [2.45, 2.75) is 11.3 Å². The maximum Gasteiger partial charge on any atom is 0.248 e. The highest BCUT2D eigenvalue weighted by atomic mass is 127. The maximum atomic E-state index is 13.0. The van der Waals surface area contributed by atoms with E-state index in [1.807, 2.05) is 63.4 Å². The lowest BCUT2D eigenvalue weighted by Crippen LogP contribution is -2.48. The zero-order valence-electron chi connectivity index (χ0n) is 16.0. The minimum absolute atomic E-state index is 0.270. The van der Waals surface area contributed by atoms with Crippen molar-refractivity contribution in [3.63, 3.8) is 0 Å². The molecule has 12 heteroatoms. The first-order valence-electron chi connectivity index (χ1n) is 9.10. The number of methoxy groups -OCH3 is 1. The molecule has 1 N–H and O–H groups in total. The molecule has 0 atom stereocenters. The number of piperazine rings is 1. The second kappa shape index (κ2) is 9.26. The summed E-state index contributed by atoms with van der Waals surface area (Å²) in [4.78, 5) is 7.19. The van der Waals surface area contributed by atoms with Crippen molar-refractivity contribution in [1.82, 2.24) is 19.5 Å². The van der Waals surface area contributed by atoms with Crippen LogP contribution in [0.15, 0.2) is 34.5 Å². The molecule has 0 radical (unpaired) electrons. The fourth-order valence-corrected chi connectivity index (χ4v) is 8.54. The van der Waals surface area contributed by atoms with Gasteiger partial charge in [0.05, 0.1) is 12.8 Å². The van der Waals surface area contributed by atoms with Crippen LogP contribution >= 0.6 is 56.5 Å². The number of ether oxygens (including phenoxy) is 1. The van der Waals surface area contributed by atoms with E-state index in [0.717, 1.165) is 28.6 Å². The quantitative estimate of drug-likeness (QED) is 0.406. The van der Waals surface area contributed by atoms with Crippen LogP contribution in [0.25, 0.3) is 0 Å². The van der Waals surface area contributed by atoms with E-state index >= 15 is 0 Å². The van der Waals surface area contributed by atoms with Gasteiger partial charge in [-0.15, -0.1) is 11.3 Å². The first-order chi connectivity index (χ1) is 14.4. The Bertz CT molecular complexity index is 1120. The molecule has 1 aliphatic rings. The number of aromatic amines is 1. The number of anilines is 1. The van der Waals surface area contributed by atoms with Crippen molar-refractivity contribution in [1.29, 1.82) is 0 Å². The van der Waals surface area contributed by atoms with Crippen molar-refractivity contribution in [2.75, 3.05) is 38.2 Å². The van der Waals surface area contributed by atoms with Gasteiger partial charge in [-0.25, -0.2) is 13.4 Å². The van der Waals surface area contributed by atoms with Crippen molar-refractivity contribution in [3.8, 4) is 5.75 Å². The molecule has 0 amide bonds. The van der Waals surface area contributed by atoms with Crippen LogP contribution < -0.4 is 9.64 Å². The summed E-state index contributed by atoms with van der Waals surface area (Å²) in [5, 5.41) is 9.74. The Morgan fingerprint density at radius 2 is 2.00 bits per heavy atom. The molecule has 160 valence electrons. The van der Waals surface area contributed by atoms with Crippen LogP contribution in [0.2, 0.25) is 0 Å². The lowest BCUT2D eigenvalue weighted by molar-refractivity contribution is 0.384. The summed E-state index contributed by atoms with van der Waals surface area (Å²) in [5.74, 6) is 0.835. The SMILES string of the molecule is COc1cccc(Cc2csc(N3CCN(S(=O)(=O)c4c(I)n[nH]c4I)CC3)n2)c1. The Balaban J connectivity index is 1.41. The van der Waals surface area contributed by atoms with Gasteiger partial charge >= 0.3 is 0 Å². The number of nitrogens with one attached hydrogen (secondary N) is 1. The van der Waals surface area contributed by atoms with Crippen LogP contribution in [0.4, 0.5) is 5.13 Å². The molecule has 3 aromatic rings. The molecule has 1 aromatic carbocycles. The van der Waals surface area contributed by atoms with Crippen LogP contribution in [-0.2, 0) is 16.4 Å². The number of benzene rings is 1. The second-order valence-corrected chi connectivity index (χ2v) is 11.5. The molecule has 0 bridgehead atoms. The first kappa shape index (κ1) is 22.2. The lowest BCUT2D eigenvalue weighted by atomic mass is 10.1. The molecule has 0 spiro atoms. The third kappa shape index (κ3) is 4.61. The third-order valence-electron chi connectivity index (χ3n) is 4.80. The molecule has 0 aliphatic carbocycles. The molecule has 30 heavy (non-hydrogen) atoms. The van der Waals surface area contributed by atoms with Gasteiger partial charge in [0.1, 0.15) is 18.0 Å². The predicted molar refractivity (Wildman–Crippen MR) is 133 cm³/mol. The van der Waals surface area contributed by atoms with E-state index in [9.17, 15) is 8.42 Å². The predicted octanol–water partition coefficient (Wildman–Crippen LogP) is 3.19. The monoisotopic (exact) mass is 671 g/mol. The largest absolute Gasteiger partial charge is 0.497 e. The highest BCUT2D eigenvalue weighted by molar-refractivity contribution is 14.1. The molecule has 1 aliphatic heterocycles. The molecular weight excluding hydrogens is 652 g/mol. The van der Waals surface area contributed by atoms with E-state index in [2.05, 4.69) is 26.5 Å². The Hall–Kier alpha value is -0.970. The zero-order valence-corrected chi connectivity index (χ0v) is 22.0. The Labute approximate surface area is 206 Å². The van der Waals surface area contributed by atoms with Crippen LogP contribution in [-0.4, -0.2) is 61.2 Å². The number of H-pyrrole nitrogens is 1. The molecule has 0 unspecified atom stereocenters. The van der Waals surface area contributed by atoms with E-state index in [0.29, 0.717) is 33.6 Å². The summed E-state index contributed by atoms with van der Waals surface area (Å²) < 4.78 is 33.8. The van der Waals surface area contributed by atoms with Gasteiger partial charge in [0.25, 0.3) is 0 Å². The number of hydrogen-bond donors (Lipinski definition) is 1. The van der Waals surface area contributed by atoms with Crippen molar-refractivity contribution in [3.05, 3.63) is 48.3 Å². The van der Waals surface area contributed by atoms with Crippen LogP contribution in [0.1, 0.15) is 11.3 Å². The average Bonchev–Trinajstić information content (AvgIpc) is 3.34. The van der Waals surface area contributed by atoms with Crippen molar-refractivity contribution < 1.29 is 13.2 Å². The zero-order chi connectivity index (χ0) is 21.3. The van der Waals surface area contributed by atoms with E-state index in [4.69, 9.17) is 9.72 Å².